The van der Waals surface area contributed by atoms with Crippen molar-refractivity contribution in [2.45, 2.75) is 45.8 Å². The van der Waals surface area contributed by atoms with Crippen molar-refractivity contribution in [3.63, 3.8) is 0 Å². The highest BCUT2D eigenvalue weighted by atomic mass is 16.6. The van der Waals surface area contributed by atoms with E-state index in [0.29, 0.717) is 19.5 Å². The number of nitrogens with one attached hydrogen (secondary N) is 1. The van der Waals surface area contributed by atoms with Gasteiger partial charge >= 0.3 is 12.1 Å². The number of ether oxygens (including phenoxy) is 1. The van der Waals surface area contributed by atoms with Gasteiger partial charge in [-0.1, -0.05) is 0 Å². The van der Waals surface area contributed by atoms with Gasteiger partial charge in [-0.3, -0.25) is 4.68 Å². The molecule has 0 aliphatic carbocycles. The van der Waals surface area contributed by atoms with E-state index in [0.717, 1.165) is 12.1 Å². The summed E-state index contributed by atoms with van der Waals surface area (Å²) in [5, 5.41) is 15.9. The number of aryl methyl sites for hydroxylation is 1. The Morgan fingerprint density at radius 2 is 2.24 bits per heavy atom. The number of rotatable bonds is 3. The summed E-state index contributed by atoms with van der Waals surface area (Å²) in [7, 11) is 0. The highest BCUT2D eigenvalue weighted by Gasteiger charge is 2.25. The number of hydrogen-bond acceptors (Lipinski definition) is 4. The Kier molecular flexibility index (Phi) is 4.20. The molecule has 0 saturated carbocycles. The Balaban J connectivity index is 1.91. The second kappa shape index (κ2) is 5.75. The predicted octanol–water partition coefficient (Wildman–Crippen LogP) is 1.67. The van der Waals surface area contributed by atoms with Crippen LogP contribution < -0.4 is 5.32 Å². The summed E-state index contributed by atoms with van der Waals surface area (Å²) in [5.41, 5.74) is 0.452. The number of carboxylic acid groups (broad SMARTS) is 1. The van der Waals surface area contributed by atoms with Gasteiger partial charge < -0.3 is 15.2 Å². The van der Waals surface area contributed by atoms with Gasteiger partial charge in [0.1, 0.15) is 11.2 Å². The van der Waals surface area contributed by atoms with Crippen molar-refractivity contribution in [1.82, 2.24) is 15.1 Å². The first-order valence-corrected chi connectivity index (χ1v) is 7.01. The molecule has 0 aromatic carbocycles. The Labute approximate surface area is 123 Å². The van der Waals surface area contributed by atoms with Crippen LogP contribution in [0.2, 0.25) is 0 Å². The summed E-state index contributed by atoms with van der Waals surface area (Å²) in [6.07, 6.45) is 2.39. The fourth-order valence-corrected chi connectivity index (χ4v) is 2.39. The summed E-state index contributed by atoms with van der Waals surface area (Å²) in [5.74, 6) is -0.767. The molecule has 1 aromatic heterocycles. The second-order valence-corrected chi connectivity index (χ2v) is 6.27. The molecular weight excluding hydrogens is 274 g/mol. The number of carbonyl (C=O) groups is 2. The lowest BCUT2D eigenvalue weighted by atomic mass is 9.94. The van der Waals surface area contributed by atoms with Crippen molar-refractivity contribution < 1.29 is 19.4 Å². The molecule has 0 fully saturated rings. The molecule has 2 heterocycles. The van der Waals surface area contributed by atoms with Crippen LogP contribution in [-0.2, 0) is 17.7 Å². The number of carbonyl (C=O) groups excluding carboxylic acids is 1. The maximum atomic E-state index is 11.6. The number of alkyl carbamates (subject to hydrolysis) is 1. The highest BCUT2D eigenvalue weighted by Crippen LogP contribution is 2.22. The molecule has 2 rings (SSSR count). The maximum absolute atomic E-state index is 11.6. The summed E-state index contributed by atoms with van der Waals surface area (Å²) < 4.78 is 6.91. The van der Waals surface area contributed by atoms with Gasteiger partial charge in [-0.15, -0.1) is 0 Å². The van der Waals surface area contributed by atoms with Crippen molar-refractivity contribution >= 4 is 12.1 Å². The molecule has 7 nitrogen and oxygen atoms in total. The molecule has 21 heavy (non-hydrogen) atoms. The van der Waals surface area contributed by atoms with Gasteiger partial charge in [0.05, 0.1) is 11.9 Å². The number of carboxylic acids is 1. The zero-order chi connectivity index (χ0) is 15.6. The van der Waals surface area contributed by atoms with E-state index in [2.05, 4.69) is 10.4 Å². The zero-order valence-electron chi connectivity index (χ0n) is 12.5. The van der Waals surface area contributed by atoms with E-state index in [-0.39, 0.29) is 11.5 Å². The number of nitrogens with zero attached hydrogens (tertiary/aromatic N) is 2. The van der Waals surface area contributed by atoms with E-state index in [1.165, 1.54) is 6.20 Å². The fourth-order valence-electron chi connectivity index (χ4n) is 2.39. The normalized spacial score (nSPS) is 18.0. The van der Waals surface area contributed by atoms with Crippen LogP contribution in [0.4, 0.5) is 4.79 Å². The van der Waals surface area contributed by atoms with Gasteiger partial charge in [0.15, 0.2) is 0 Å². The van der Waals surface area contributed by atoms with Crippen LogP contribution in [0.3, 0.4) is 0 Å². The Morgan fingerprint density at radius 1 is 1.52 bits per heavy atom. The molecule has 0 bridgehead atoms. The van der Waals surface area contributed by atoms with E-state index in [1.807, 2.05) is 20.8 Å². The van der Waals surface area contributed by atoms with Gasteiger partial charge in [0.2, 0.25) is 0 Å². The maximum Gasteiger partial charge on any atom is 0.407 e. The highest BCUT2D eigenvalue weighted by molar-refractivity contribution is 5.88. The number of aromatic carboxylic acids is 1. The minimum atomic E-state index is -0.961. The average molecular weight is 295 g/mol. The van der Waals surface area contributed by atoms with Crippen LogP contribution in [0.15, 0.2) is 6.20 Å². The lowest BCUT2D eigenvalue weighted by Gasteiger charge is -2.25. The van der Waals surface area contributed by atoms with E-state index in [1.54, 1.807) is 4.68 Å². The molecule has 0 saturated heterocycles. The quantitative estimate of drug-likeness (QED) is 0.884. The van der Waals surface area contributed by atoms with Gasteiger partial charge in [-0.05, 0) is 39.5 Å². The molecule has 1 aromatic rings. The van der Waals surface area contributed by atoms with Crippen LogP contribution in [-0.4, -0.2) is 39.1 Å². The van der Waals surface area contributed by atoms with E-state index < -0.39 is 17.7 Å². The van der Waals surface area contributed by atoms with Gasteiger partial charge in [-0.25, -0.2) is 9.59 Å². The number of amides is 1. The molecule has 1 aliphatic heterocycles. The first-order chi connectivity index (χ1) is 9.76. The van der Waals surface area contributed by atoms with Crippen LogP contribution in [0.1, 0.15) is 43.2 Å². The zero-order valence-corrected chi connectivity index (χ0v) is 12.5. The third kappa shape index (κ3) is 3.96. The van der Waals surface area contributed by atoms with E-state index in [4.69, 9.17) is 9.84 Å². The standard InChI is InChI=1S/C14H21N3O4/c1-14(2,3)21-13(20)15-7-9-4-5-17-11(6-9)10(8-16-17)12(18)19/h8-9H,4-7H2,1-3H3,(H,15,20)(H,18,19)/t9-/m1/s1. The van der Waals surface area contributed by atoms with Crippen molar-refractivity contribution in [3.8, 4) is 0 Å². The molecule has 1 aliphatic rings. The summed E-state index contributed by atoms with van der Waals surface area (Å²) >= 11 is 0. The van der Waals surface area contributed by atoms with Crippen LogP contribution >= 0.6 is 0 Å². The number of aromatic nitrogens is 2. The third-order valence-corrected chi connectivity index (χ3v) is 3.34. The Morgan fingerprint density at radius 3 is 2.86 bits per heavy atom. The molecule has 116 valence electrons. The summed E-state index contributed by atoms with van der Waals surface area (Å²) in [6, 6.07) is 0. The van der Waals surface area contributed by atoms with Gasteiger partial charge in [0.25, 0.3) is 0 Å². The first kappa shape index (κ1) is 15.3. The van der Waals surface area contributed by atoms with Crippen molar-refractivity contribution in [3.05, 3.63) is 17.5 Å². The first-order valence-electron chi connectivity index (χ1n) is 7.01. The number of fused-ring (bicyclic) bond motifs is 1. The predicted molar refractivity (Wildman–Crippen MR) is 75.2 cm³/mol. The molecule has 7 heteroatoms. The van der Waals surface area contributed by atoms with Crippen molar-refractivity contribution in [2.75, 3.05) is 6.54 Å². The molecule has 0 spiro atoms. The number of hydrogen-bond donors (Lipinski definition) is 2. The van der Waals surface area contributed by atoms with E-state index in [9.17, 15) is 9.59 Å². The minimum absolute atomic E-state index is 0.194. The van der Waals surface area contributed by atoms with Gasteiger partial charge in [-0.2, -0.15) is 5.10 Å². The molecule has 2 N–H and O–H groups in total. The van der Waals surface area contributed by atoms with Crippen LogP contribution in [0, 0.1) is 5.92 Å². The second-order valence-electron chi connectivity index (χ2n) is 6.27. The monoisotopic (exact) mass is 295 g/mol. The fraction of sp³-hybridized carbons (Fsp3) is 0.643. The summed E-state index contributed by atoms with van der Waals surface area (Å²) in [4.78, 5) is 22.7. The van der Waals surface area contributed by atoms with Gasteiger partial charge in [0, 0.05) is 13.1 Å². The lowest BCUT2D eigenvalue weighted by molar-refractivity contribution is 0.0515. The largest absolute Gasteiger partial charge is 0.478 e. The van der Waals surface area contributed by atoms with Crippen molar-refractivity contribution in [2.24, 2.45) is 5.92 Å². The molecule has 1 amide bonds. The lowest BCUT2D eigenvalue weighted by Crippen LogP contribution is -2.37. The SMILES string of the molecule is CC(C)(C)OC(=O)NC[C@@H]1CCn2ncc(C(=O)O)c2C1. The Bertz CT molecular complexity index is 545. The smallest absolute Gasteiger partial charge is 0.407 e. The molecule has 0 radical (unpaired) electrons. The van der Waals surface area contributed by atoms with E-state index >= 15 is 0 Å². The Hall–Kier alpha value is -2.05. The molecule has 0 unspecified atom stereocenters. The molecular formula is C14H21N3O4. The third-order valence-electron chi connectivity index (χ3n) is 3.34. The summed E-state index contributed by atoms with van der Waals surface area (Å²) in [6.45, 7) is 6.57. The van der Waals surface area contributed by atoms with Crippen molar-refractivity contribution in [1.29, 1.82) is 0 Å². The minimum Gasteiger partial charge on any atom is -0.478 e. The topological polar surface area (TPSA) is 93.5 Å². The molecule has 1 atom stereocenters. The average Bonchev–Trinajstić information content (AvgIpc) is 2.77. The van der Waals surface area contributed by atoms with Crippen LogP contribution in [0.25, 0.3) is 0 Å². The van der Waals surface area contributed by atoms with Crippen LogP contribution in [0.5, 0.6) is 0 Å².